The summed E-state index contributed by atoms with van der Waals surface area (Å²) in [6.07, 6.45) is 7.76. The van der Waals surface area contributed by atoms with E-state index in [4.69, 9.17) is 5.11 Å². The molecule has 0 saturated carbocycles. The largest absolute Gasteiger partial charge is 0.396 e. The third-order valence-electron chi connectivity index (χ3n) is 1.60. The van der Waals surface area contributed by atoms with E-state index >= 15 is 0 Å². The van der Waals surface area contributed by atoms with E-state index in [1.165, 1.54) is 5.57 Å². The molecular weight excluding hydrogens is 148 g/mol. The standard InChI is InChI=1S/C11H18O/c1-4-6-11(7-8-12)9-10(3)5-2/h5-6,9,12H,2,4,7-8H2,1,3H3/b10-9-,11-6-. The van der Waals surface area contributed by atoms with Gasteiger partial charge in [0.1, 0.15) is 0 Å². The molecule has 1 N–H and O–H groups in total. The summed E-state index contributed by atoms with van der Waals surface area (Å²) in [6.45, 7) is 7.99. The number of allylic oxidation sites excluding steroid dienone is 4. The molecule has 0 saturated heterocycles. The van der Waals surface area contributed by atoms with Crippen LogP contribution in [0.15, 0.2) is 36.0 Å². The highest BCUT2D eigenvalue weighted by Crippen LogP contribution is 2.08. The number of hydrogen-bond donors (Lipinski definition) is 1. The molecule has 0 atom stereocenters. The molecule has 0 aliphatic rings. The smallest absolute Gasteiger partial charge is 0.0471 e. The van der Waals surface area contributed by atoms with Gasteiger partial charge in [0.25, 0.3) is 0 Å². The average molecular weight is 166 g/mol. The second kappa shape index (κ2) is 6.86. The second-order valence-corrected chi connectivity index (χ2v) is 2.75. The summed E-state index contributed by atoms with van der Waals surface area (Å²) < 4.78 is 0. The molecule has 0 rings (SSSR count). The van der Waals surface area contributed by atoms with Crippen molar-refractivity contribution in [3.05, 3.63) is 36.0 Å². The van der Waals surface area contributed by atoms with Crippen molar-refractivity contribution in [1.82, 2.24) is 0 Å². The maximum Gasteiger partial charge on any atom is 0.0471 e. The molecule has 0 aromatic carbocycles. The van der Waals surface area contributed by atoms with Gasteiger partial charge >= 0.3 is 0 Å². The van der Waals surface area contributed by atoms with E-state index < -0.39 is 0 Å². The van der Waals surface area contributed by atoms with Crippen molar-refractivity contribution < 1.29 is 5.11 Å². The van der Waals surface area contributed by atoms with Crippen molar-refractivity contribution >= 4 is 0 Å². The van der Waals surface area contributed by atoms with Gasteiger partial charge in [-0.25, -0.2) is 0 Å². The fraction of sp³-hybridized carbons (Fsp3) is 0.455. The maximum absolute atomic E-state index is 8.75. The minimum absolute atomic E-state index is 0.215. The zero-order valence-electron chi connectivity index (χ0n) is 8.01. The first-order valence-electron chi connectivity index (χ1n) is 4.35. The van der Waals surface area contributed by atoms with Crippen molar-refractivity contribution in [1.29, 1.82) is 0 Å². The SMILES string of the molecule is C=C/C(C)=C\C(=C/CC)CCO. The molecule has 0 aliphatic carbocycles. The summed E-state index contributed by atoms with van der Waals surface area (Å²) in [6, 6.07) is 0. The summed E-state index contributed by atoms with van der Waals surface area (Å²) in [5.74, 6) is 0. The van der Waals surface area contributed by atoms with E-state index in [9.17, 15) is 0 Å². The molecule has 0 amide bonds. The molecule has 0 fully saturated rings. The Morgan fingerprint density at radius 3 is 2.58 bits per heavy atom. The average Bonchev–Trinajstić information content (AvgIpc) is 2.05. The lowest BCUT2D eigenvalue weighted by atomic mass is 10.1. The van der Waals surface area contributed by atoms with E-state index in [1.54, 1.807) is 0 Å². The molecule has 1 nitrogen and oxygen atoms in total. The van der Waals surface area contributed by atoms with Crippen molar-refractivity contribution in [3.63, 3.8) is 0 Å². The van der Waals surface area contributed by atoms with Gasteiger partial charge in [-0.05, 0) is 25.3 Å². The highest BCUT2D eigenvalue weighted by Gasteiger charge is 1.91. The summed E-state index contributed by atoms with van der Waals surface area (Å²) in [4.78, 5) is 0. The van der Waals surface area contributed by atoms with Crippen LogP contribution in [0.3, 0.4) is 0 Å². The molecular formula is C11H18O. The molecule has 1 heteroatoms. The highest BCUT2D eigenvalue weighted by atomic mass is 16.2. The predicted molar refractivity (Wildman–Crippen MR) is 54.0 cm³/mol. The second-order valence-electron chi connectivity index (χ2n) is 2.75. The number of aliphatic hydroxyl groups excluding tert-OH is 1. The lowest BCUT2D eigenvalue weighted by molar-refractivity contribution is 0.300. The number of rotatable bonds is 5. The first kappa shape index (κ1) is 11.2. The first-order valence-corrected chi connectivity index (χ1v) is 4.35. The topological polar surface area (TPSA) is 20.2 Å². The Hall–Kier alpha value is -0.820. The summed E-state index contributed by atoms with van der Waals surface area (Å²) in [7, 11) is 0. The van der Waals surface area contributed by atoms with E-state index in [1.807, 2.05) is 13.0 Å². The summed E-state index contributed by atoms with van der Waals surface area (Å²) in [5, 5.41) is 8.75. The molecule has 0 spiro atoms. The van der Waals surface area contributed by atoms with Gasteiger partial charge in [0.05, 0.1) is 0 Å². The van der Waals surface area contributed by atoms with Crippen LogP contribution in [-0.4, -0.2) is 11.7 Å². The van der Waals surface area contributed by atoms with E-state index in [2.05, 4.69) is 25.7 Å². The molecule has 0 aromatic heterocycles. The lowest BCUT2D eigenvalue weighted by Gasteiger charge is -1.99. The van der Waals surface area contributed by atoms with Gasteiger partial charge in [-0.2, -0.15) is 0 Å². The van der Waals surface area contributed by atoms with E-state index in [-0.39, 0.29) is 6.61 Å². The fourth-order valence-electron chi connectivity index (χ4n) is 0.976. The van der Waals surface area contributed by atoms with Gasteiger partial charge in [-0.3, -0.25) is 0 Å². The quantitative estimate of drug-likeness (QED) is 0.623. The first-order chi connectivity index (χ1) is 5.74. The zero-order chi connectivity index (χ0) is 9.40. The monoisotopic (exact) mass is 166 g/mol. The van der Waals surface area contributed by atoms with Crippen LogP contribution in [0.2, 0.25) is 0 Å². The molecule has 0 aromatic rings. The fourth-order valence-corrected chi connectivity index (χ4v) is 0.976. The number of hydrogen-bond acceptors (Lipinski definition) is 1. The zero-order valence-corrected chi connectivity index (χ0v) is 8.01. The van der Waals surface area contributed by atoms with Gasteiger partial charge < -0.3 is 5.11 Å². The Kier molecular flexibility index (Phi) is 6.39. The Bertz CT molecular complexity index is 187. The molecule has 12 heavy (non-hydrogen) atoms. The molecule has 0 bridgehead atoms. The highest BCUT2D eigenvalue weighted by molar-refractivity contribution is 5.27. The molecule has 0 heterocycles. The van der Waals surface area contributed by atoms with Crippen LogP contribution in [0, 0.1) is 0 Å². The Balaban J connectivity index is 4.31. The van der Waals surface area contributed by atoms with Crippen LogP contribution < -0.4 is 0 Å². The van der Waals surface area contributed by atoms with Crippen molar-refractivity contribution in [3.8, 4) is 0 Å². The Labute approximate surface area is 75.1 Å². The Morgan fingerprint density at radius 2 is 2.17 bits per heavy atom. The van der Waals surface area contributed by atoms with E-state index in [0.29, 0.717) is 0 Å². The third-order valence-corrected chi connectivity index (χ3v) is 1.60. The van der Waals surface area contributed by atoms with Crippen LogP contribution >= 0.6 is 0 Å². The third kappa shape index (κ3) is 4.91. The van der Waals surface area contributed by atoms with Crippen molar-refractivity contribution in [2.24, 2.45) is 0 Å². The Morgan fingerprint density at radius 1 is 1.50 bits per heavy atom. The van der Waals surface area contributed by atoms with Crippen molar-refractivity contribution in [2.45, 2.75) is 26.7 Å². The van der Waals surface area contributed by atoms with Gasteiger partial charge in [-0.15, -0.1) is 0 Å². The van der Waals surface area contributed by atoms with Gasteiger partial charge in [0.15, 0.2) is 0 Å². The lowest BCUT2D eigenvalue weighted by Crippen LogP contribution is -1.86. The maximum atomic E-state index is 8.75. The molecule has 0 unspecified atom stereocenters. The van der Waals surface area contributed by atoms with E-state index in [0.717, 1.165) is 18.4 Å². The van der Waals surface area contributed by atoms with Crippen molar-refractivity contribution in [2.75, 3.05) is 6.61 Å². The molecule has 0 radical (unpaired) electrons. The summed E-state index contributed by atoms with van der Waals surface area (Å²) >= 11 is 0. The summed E-state index contributed by atoms with van der Waals surface area (Å²) in [5.41, 5.74) is 2.33. The van der Waals surface area contributed by atoms with Crippen LogP contribution in [0.25, 0.3) is 0 Å². The van der Waals surface area contributed by atoms with Gasteiger partial charge in [-0.1, -0.05) is 37.3 Å². The minimum Gasteiger partial charge on any atom is -0.396 e. The normalized spacial score (nSPS) is 13.2. The van der Waals surface area contributed by atoms with Gasteiger partial charge in [0, 0.05) is 6.61 Å². The van der Waals surface area contributed by atoms with Gasteiger partial charge in [0.2, 0.25) is 0 Å². The molecule has 0 aliphatic heterocycles. The van der Waals surface area contributed by atoms with Crippen LogP contribution in [-0.2, 0) is 0 Å². The van der Waals surface area contributed by atoms with Crippen LogP contribution in [0.5, 0.6) is 0 Å². The molecule has 68 valence electrons. The van der Waals surface area contributed by atoms with Crippen LogP contribution in [0.4, 0.5) is 0 Å². The number of aliphatic hydroxyl groups is 1. The van der Waals surface area contributed by atoms with Crippen LogP contribution in [0.1, 0.15) is 26.7 Å². The predicted octanol–water partition coefficient (Wildman–Crippen LogP) is 2.84. The minimum atomic E-state index is 0.215.